The summed E-state index contributed by atoms with van der Waals surface area (Å²) in [6.07, 6.45) is -0.926. The van der Waals surface area contributed by atoms with Crippen molar-refractivity contribution in [2.75, 3.05) is 24.2 Å². The van der Waals surface area contributed by atoms with Crippen LogP contribution in [0, 0.1) is 5.92 Å². The van der Waals surface area contributed by atoms with Crippen molar-refractivity contribution < 1.29 is 23.9 Å². The summed E-state index contributed by atoms with van der Waals surface area (Å²) < 4.78 is 10.7. The van der Waals surface area contributed by atoms with Gasteiger partial charge in [-0.3, -0.25) is 14.4 Å². The molecule has 7 nitrogen and oxygen atoms in total. The second kappa shape index (κ2) is 8.01. The van der Waals surface area contributed by atoms with Gasteiger partial charge in [0, 0.05) is 6.07 Å². The Morgan fingerprint density at radius 3 is 2.12 bits per heavy atom. The number of hydrogen-bond acceptors (Lipinski definition) is 6. The predicted octanol–water partition coefficient (Wildman–Crippen LogP) is 3.75. The lowest BCUT2D eigenvalue weighted by atomic mass is 9.90. The molecule has 0 radical (unpaired) electrons. The third kappa shape index (κ3) is 3.18. The van der Waals surface area contributed by atoms with Crippen molar-refractivity contribution >= 4 is 23.2 Å². The molecule has 5 rings (SSSR count). The fraction of sp³-hybridized carbons (Fsp3) is 0.200. The number of carbonyl (C=O) groups is 2. The maximum absolute atomic E-state index is 13.6. The number of para-hydroxylation sites is 1. The Kier molecular flexibility index (Phi) is 5.03. The van der Waals surface area contributed by atoms with Gasteiger partial charge in [0.05, 0.1) is 31.6 Å². The number of nitrogens with zero attached hydrogens (tertiary/aromatic N) is 2. The van der Waals surface area contributed by atoms with Crippen LogP contribution in [0.3, 0.4) is 0 Å². The molecule has 3 unspecified atom stereocenters. The predicted molar refractivity (Wildman–Crippen MR) is 119 cm³/mol. The van der Waals surface area contributed by atoms with E-state index in [2.05, 4.69) is 0 Å². The van der Waals surface area contributed by atoms with Crippen molar-refractivity contribution in [3.63, 3.8) is 0 Å². The monoisotopic (exact) mass is 430 g/mol. The Labute approximate surface area is 185 Å². The molecule has 3 aromatic rings. The molecule has 3 atom stereocenters. The number of anilines is 2. The van der Waals surface area contributed by atoms with E-state index >= 15 is 0 Å². The van der Waals surface area contributed by atoms with Crippen molar-refractivity contribution in [2.45, 2.75) is 12.1 Å². The molecular weight excluding hydrogens is 408 g/mol. The number of fused-ring (bicyclic) bond motifs is 1. The Bertz CT molecular complexity index is 1170. The maximum Gasteiger partial charge on any atom is 0.266 e. The van der Waals surface area contributed by atoms with Crippen LogP contribution in [0.2, 0.25) is 0 Å². The van der Waals surface area contributed by atoms with Crippen LogP contribution < -0.4 is 19.4 Å². The third-order valence-corrected chi connectivity index (χ3v) is 5.87. The summed E-state index contributed by atoms with van der Waals surface area (Å²) >= 11 is 0. The highest BCUT2D eigenvalue weighted by Gasteiger charge is 2.60. The number of imide groups is 1. The van der Waals surface area contributed by atoms with E-state index in [1.807, 2.05) is 54.6 Å². The lowest BCUT2D eigenvalue weighted by molar-refractivity contribution is -0.126. The van der Waals surface area contributed by atoms with Gasteiger partial charge < -0.3 is 9.47 Å². The first-order valence-electron chi connectivity index (χ1n) is 10.3. The zero-order valence-electron chi connectivity index (χ0n) is 17.7. The zero-order valence-corrected chi connectivity index (χ0v) is 17.7. The van der Waals surface area contributed by atoms with Gasteiger partial charge in [-0.2, -0.15) is 0 Å². The summed E-state index contributed by atoms with van der Waals surface area (Å²) in [7, 11) is 3.14. The molecule has 0 aromatic heterocycles. The van der Waals surface area contributed by atoms with E-state index in [1.165, 1.54) is 4.90 Å². The van der Waals surface area contributed by atoms with Crippen molar-refractivity contribution in [2.24, 2.45) is 5.92 Å². The van der Waals surface area contributed by atoms with Crippen LogP contribution in [0.25, 0.3) is 0 Å². The standard InChI is InChI=1S/C25H22N2O5/c1-30-19-12-6-8-16(14-19)22-21-23(32-27(22)17-9-4-3-5-10-17)25(29)26(24(21)28)18-11-7-13-20(15-18)31-2/h3-15,21-23H,1-2H3. The number of hydroxylamine groups is 1. The van der Waals surface area contributed by atoms with Gasteiger partial charge in [0.15, 0.2) is 6.10 Å². The Balaban J connectivity index is 1.59. The molecule has 7 heteroatoms. The quantitative estimate of drug-likeness (QED) is 0.575. The molecule has 3 aromatic carbocycles. The summed E-state index contributed by atoms with van der Waals surface area (Å²) in [4.78, 5) is 34.4. The van der Waals surface area contributed by atoms with Crippen LogP contribution in [-0.4, -0.2) is 32.1 Å². The van der Waals surface area contributed by atoms with E-state index in [4.69, 9.17) is 14.3 Å². The van der Waals surface area contributed by atoms with Gasteiger partial charge in [-0.1, -0.05) is 36.4 Å². The van der Waals surface area contributed by atoms with Crippen LogP contribution in [0.4, 0.5) is 11.4 Å². The molecule has 32 heavy (non-hydrogen) atoms. The molecule has 2 aliphatic heterocycles. The first-order valence-corrected chi connectivity index (χ1v) is 10.3. The lowest BCUT2D eigenvalue weighted by Gasteiger charge is -2.29. The number of hydrogen-bond donors (Lipinski definition) is 0. The minimum atomic E-state index is -0.926. The van der Waals surface area contributed by atoms with E-state index in [0.717, 1.165) is 11.3 Å². The molecule has 0 saturated carbocycles. The van der Waals surface area contributed by atoms with Crippen LogP contribution >= 0.6 is 0 Å². The fourth-order valence-corrected chi connectivity index (χ4v) is 4.38. The van der Waals surface area contributed by atoms with Gasteiger partial charge in [-0.05, 0) is 42.0 Å². The van der Waals surface area contributed by atoms with E-state index in [9.17, 15) is 9.59 Å². The first kappa shape index (κ1) is 20.1. The van der Waals surface area contributed by atoms with Crippen LogP contribution in [0.1, 0.15) is 11.6 Å². The van der Waals surface area contributed by atoms with Gasteiger partial charge in [0.1, 0.15) is 17.4 Å². The Hall–Kier alpha value is -3.84. The van der Waals surface area contributed by atoms with Crippen LogP contribution in [-0.2, 0) is 14.4 Å². The number of rotatable bonds is 5. The normalized spacial score (nSPS) is 22.2. The summed E-state index contributed by atoms with van der Waals surface area (Å²) in [6.45, 7) is 0. The third-order valence-electron chi connectivity index (χ3n) is 5.87. The molecule has 0 aliphatic carbocycles. The Morgan fingerprint density at radius 1 is 0.750 bits per heavy atom. The molecule has 162 valence electrons. The van der Waals surface area contributed by atoms with Gasteiger partial charge in [0.2, 0.25) is 5.91 Å². The second-order valence-electron chi connectivity index (χ2n) is 7.65. The highest BCUT2D eigenvalue weighted by molar-refractivity contribution is 6.24. The van der Waals surface area contributed by atoms with Gasteiger partial charge >= 0.3 is 0 Å². The van der Waals surface area contributed by atoms with E-state index in [0.29, 0.717) is 17.2 Å². The number of benzene rings is 3. The largest absolute Gasteiger partial charge is 0.497 e. The van der Waals surface area contributed by atoms with Crippen LogP contribution in [0.15, 0.2) is 78.9 Å². The molecule has 2 amide bonds. The highest BCUT2D eigenvalue weighted by Crippen LogP contribution is 2.48. The molecule has 2 fully saturated rings. The van der Waals surface area contributed by atoms with Gasteiger partial charge in [-0.15, -0.1) is 0 Å². The number of ether oxygens (including phenoxy) is 2. The van der Waals surface area contributed by atoms with E-state index < -0.39 is 18.1 Å². The van der Waals surface area contributed by atoms with Crippen molar-refractivity contribution in [1.82, 2.24) is 0 Å². The molecule has 2 saturated heterocycles. The molecule has 2 heterocycles. The lowest BCUT2D eigenvalue weighted by Crippen LogP contribution is -2.37. The van der Waals surface area contributed by atoms with Gasteiger partial charge in [-0.25, -0.2) is 9.96 Å². The molecule has 0 spiro atoms. The molecule has 0 bridgehead atoms. The summed E-state index contributed by atoms with van der Waals surface area (Å²) in [5.74, 6) is -0.170. The SMILES string of the molecule is COc1cccc(C2C3C(=O)N(c4cccc(OC)c4)C(=O)C3ON2c2ccccc2)c1. The molecular formula is C25H22N2O5. The number of methoxy groups -OCH3 is 2. The summed E-state index contributed by atoms with van der Waals surface area (Å²) in [6, 6.07) is 23.4. The van der Waals surface area contributed by atoms with Gasteiger partial charge in [0.25, 0.3) is 5.91 Å². The highest BCUT2D eigenvalue weighted by atomic mass is 16.7. The first-order chi connectivity index (χ1) is 15.6. The average molecular weight is 430 g/mol. The Morgan fingerprint density at radius 2 is 1.41 bits per heavy atom. The molecule has 2 aliphatic rings. The second-order valence-corrected chi connectivity index (χ2v) is 7.65. The van der Waals surface area contributed by atoms with Crippen molar-refractivity contribution in [3.8, 4) is 11.5 Å². The molecule has 0 N–H and O–H groups in total. The zero-order chi connectivity index (χ0) is 22.2. The van der Waals surface area contributed by atoms with E-state index in [-0.39, 0.29) is 11.8 Å². The summed E-state index contributed by atoms with van der Waals surface area (Å²) in [5.41, 5.74) is 2.06. The minimum Gasteiger partial charge on any atom is -0.497 e. The fourth-order valence-electron chi connectivity index (χ4n) is 4.38. The van der Waals surface area contributed by atoms with E-state index in [1.54, 1.807) is 43.5 Å². The smallest absolute Gasteiger partial charge is 0.266 e. The van der Waals surface area contributed by atoms with Crippen molar-refractivity contribution in [3.05, 3.63) is 84.4 Å². The maximum atomic E-state index is 13.6. The van der Waals surface area contributed by atoms with Crippen molar-refractivity contribution in [1.29, 1.82) is 0 Å². The van der Waals surface area contributed by atoms with Crippen LogP contribution in [0.5, 0.6) is 11.5 Å². The minimum absolute atomic E-state index is 0.306. The number of amides is 2. The topological polar surface area (TPSA) is 68.3 Å². The average Bonchev–Trinajstić information content (AvgIpc) is 3.35. The summed E-state index contributed by atoms with van der Waals surface area (Å²) in [5, 5.41) is 1.67. The number of carbonyl (C=O) groups excluding carboxylic acids is 2.